The van der Waals surface area contributed by atoms with E-state index >= 15 is 0 Å². The minimum atomic E-state index is -0.209. The zero-order valence-corrected chi connectivity index (χ0v) is 9.70. The molecule has 6 heteroatoms. The van der Waals surface area contributed by atoms with Gasteiger partial charge in [-0.15, -0.1) is 0 Å². The quantitative estimate of drug-likeness (QED) is 0.813. The molecule has 0 saturated carbocycles. The second-order valence-electron chi connectivity index (χ2n) is 3.48. The molecule has 2 aromatic rings. The number of nitrogens with zero attached hydrogens (tertiary/aromatic N) is 1. The first kappa shape index (κ1) is 11.9. The number of rotatable bonds is 4. The fourth-order valence-electron chi connectivity index (χ4n) is 1.42. The van der Waals surface area contributed by atoms with Crippen molar-refractivity contribution < 1.29 is 14.3 Å². The molecule has 2 N–H and O–H groups in total. The van der Waals surface area contributed by atoms with Crippen LogP contribution in [0.3, 0.4) is 0 Å². The van der Waals surface area contributed by atoms with Gasteiger partial charge in [0.1, 0.15) is 5.52 Å². The SMILES string of the molecule is O=C(NCCCO)c1ccc2oc(Cl)nc2c1. The van der Waals surface area contributed by atoms with Crippen molar-refractivity contribution in [2.75, 3.05) is 13.2 Å². The maximum absolute atomic E-state index is 11.7. The van der Waals surface area contributed by atoms with Gasteiger partial charge in [-0.2, -0.15) is 4.98 Å². The Balaban J connectivity index is 2.15. The molecule has 1 aromatic carbocycles. The number of hydrogen-bond donors (Lipinski definition) is 2. The number of carbonyl (C=O) groups is 1. The lowest BCUT2D eigenvalue weighted by Crippen LogP contribution is -2.24. The van der Waals surface area contributed by atoms with E-state index in [9.17, 15) is 4.79 Å². The molecule has 0 aliphatic heterocycles. The molecule has 1 amide bonds. The van der Waals surface area contributed by atoms with E-state index in [0.717, 1.165) is 0 Å². The number of halogens is 1. The van der Waals surface area contributed by atoms with Crippen molar-refractivity contribution in [1.29, 1.82) is 0 Å². The molecular formula is C11H11ClN2O3. The predicted molar refractivity (Wildman–Crippen MR) is 63.1 cm³/mol. The Bertz CT molecular complexity index is 538. The number of oxazole rings is 1. The number of fused-ring (bicyclic) bond motifs is 1. The molecule has 1 heterocycles. The molecule has 2 rings (SSSR count). The normalized spacial score (nSPS) is 10.7. The summed E-state index contributed by atoms with van der Waals surface area (Å²) in [6.45, 7) is 0.491. The lowest BCUT2D eigenvalue weighted by Gasteiger charge is -2.03. The summed E-state index contributed by atoms with van der Waals surface area (Å²) in [5, 5.41) is 11.3. The van der Waals surface area contributed by atoms with Gasteiger partial charge in [0.05, 0.1) is 0 Å². The molecular weight excluding hydrogens is 244 g/mol. The largest absolute Gasteiger partial charge is 0.428 e. The van der Waals surface area contributed by atoms with Crippen LogP contribution < -0.4 is 5.32 Å². The second kappa shape index (κ2) is 5.16. The summed E-state index contributed by atoms with van der Waals surface area (Å²) in [6.07, 6.45) is 0.532. The van der Waals surface area contributed by atoms with Crippen LogP contribution in [0.25, 0.3) is 11.1 Å². The first-order chi connectivity index (χ1) is 8.20. The standard InChI is InChI=1S/C11H11ClN2O3/c12-11-14-8-6-7(2-3-9(8)17-11)10(16)13-4-1-5-15/h2-3,6,15H,1,4-5H2,(H,13,16). The fourth-order valence-corrected chi connectivity index (χ4v) is 1.60. The molecule has 0 fully saturated rings. The van der Waals surface area contributed by atoms with Crippen LogP contribution in [-0.2, 0) is 0 Å². The topological polar surface area (TPSA) is 75.4 Å². The van der Waals surface area contributed by atoms with Crippen LogP contribution in [0.4, 0.5) is 0 Å². The number of hydrogen-bond acceptors (Lipinski definition) is 4. The van der Waals surface area contributed by atoms with E-state index in [0.29, 0.717) is 29.6 Å². The molecule has 0 radical (unpaired) electrons. The fraction of sp³-hybridized carbons (Fsp3) is 0.273. The average Bonchev–Trinajstić information content (AvgIpc) is 2.68. The van der Waals surface area contributed by atoms with E-state index in [1.165, 1.54) is 0 Å². The van der Waals surface area contributed by atoms with Gasteiger partial charge in [-0.3, -0.25) is 4.79 Å². The van der Waals surface area contributed by atoms with Gasteiger partial charge < -0.3 is 14.8 Å². The van der Waals surface area contributed by atoms with Crippen LogP contribution in [0.1, 0.15) is 16.8 Å². The highest BCUT2D eigenvalue weighted by Gasteiger charge is 2.09. The van der Waals surface area contributed by atoms with Gasteiger partial charge in [0.2, 0.25) is 0 Å². The molecule has 1 aromatic heterocycles. The summed E-state index contributed by atoms with van der Waals surface area (Å²) < 4.78 is 5.09. The van der Waals surface area contributed by atoms with Crippen molar-refractivity contribution in [3.05, 3.63) is 29.1 Å². The molecule has 0 unspecified atom stereocenters. The van der Waals surface area contributed by atoms with Crippen molar-refractivity contribution in [3.63, 3.8) is 0 Å². The number of aliphatic hydroxyl groups is 1. The van der Waals surface area contributed by atoms with Crippen LogP contribution >= 0.6 is 11.6 Å². The molecule has 17 heavy (non-hydrogen) atoms. The summed E-state index contributed by atoms with van der Waals surface area (Å²) in [4.78, 5) is 15.6. The van der Waals surface area contributed by atoms with Crippen LogP contribution in [0.2, 0.25) is 5.35 Å². The van der Waals surface area contributed by atoms with Gasteiger partial charge in [-0.05, 0) is 36.2 Å². The molecule has 90 valence electrons. The molecule has 5 nitrogen and oxygen atoms in total. The van der Waals surface area contributed by atoms with E-state index in [1.54, 1.807) is 18.2 Å². The molecule has 0 bridgehead atoms. The Kier molecular flexibility index (Phi) is 3.61. The summed E-state index contributed by atoms with van der Waals surface area (Å²) in [5.74, 6) is -0.209. The summed E-state index contributed by atoms with van der Waals surface area (Å²) in [7, 11) is 0. The molecule has 0 saturated heterocycles. The van der Waals surface area contributed by atoms with Crippen molar-refractivity contribution in [2.24, 2.45) is 0 Å². The number of nitrogens with one attached hydrogen (secondary N) is 1. The highest BCUT2D eigenvalue weighted by Crippen LogP contribution is 2.19. The third-order valence-corrected chi connectivity index (χ3v) is 2.41. The summed E-state index contributed by atoms with van der Waals surface area (Å²) in [6, 6.07) is 4.90. The lowest BCUT2D eigenvalue weighted by molar-refractivity contribution is 0.0951. The molecule has 0 aliphatic carbocycles. The van der Waals surface area contributed by atoms with Crippen LogP contribution in [0.5, 0.6) is 0 Å². The number of benzene rings is 1. The van der Waals surface area contributed by atoms with Gasteiger partial charge in [-0.1, -0.05) is 0 Å². The predicted octanol–water partition coefficient (Wildman–Crippen LogP) is 1.59. The number of carbonyl (C=O) groups excluding carboxylic acids is 1. The Morgan fingerprint density at radius 3 is 3.12 bits per heavy atom. The third-order valence-electron chi connectivity index (χ3n) is 2.24. The first-order valence-corrected chi connectivity index (χ1v) is 5.53. The Labute approximate surface area is 102 Å². The van der Waals surface area contributed by atoms with Crippen molar-refractivity contribution in [1.82, 2.24) is 10.3 Å². The van der Waals surface area contributed by atoms with E-state index in [4.69, 9.17) is 21.1 Å². The molecule has 0 atom stereocenters. The van der Waals surface area contributed by atoms with Gasteiger partial charge in [0, 0.05) is 18.7 Å². The zero-order valence-electron chi connectivity index (χ0n) is 8.94. The summed E-state index contributed by atoms with van der Waals surface area (Å²) >= 11 is 5.61. The number of aliphatic hydroxyl groups excluding tert-OH is 1. The lowest BCUT2D eigenvalue weighted by atomic mass is 10.2. The molecule has 0 spiro atoms. The number of amides is 1. The second-order valence-corrected chi connectivity index (χ2v) is 3.81. The highest BCUT2D eigenvalue weighted by atomic mass is 35.5. The van der Waals surface area contributed by atoms with Gasteiger partial charge in [-0.25, -0.2) is 0 Å². The highest BCUT2D eigenvalue weighted by molar-refractivity contribution is 6.28. The maximum Gasteiger partial charge on any atom is 0.293 e. The van der Waals surface area contributed by atoms with Gasteiger partial charge >= 0.3 is 0 Å². The molecule has 0 aliphatic rings. The van der Waals surface area contributed by atoms with Gasteiger partial charge in [0.15, 0.2) is 5.58 Å². The monoisotopic (exact) mass is 254 g/mol. The van der Waals surface area contributed by atoms with Crippen LogP contribution in [0.15, 0.2) is 22.6 Å². The maximum atomic E-state index is 11.7. The summed E-state index contributed by atoms with van der Waals surface area (Å²) in [5.41, 5.74) is 1.58. The minimum Gasteiger partial charge on any atom is -0.428 e. The smallest absolute Gasteiger partial charge is 0.293 e. The Morgan fingerprint density at radius 2 is 2.35 bits per heavy atom. The zero-order chi connectivity index (χ0) is 12.3. The first-order valence-electron chi connectivity index (χ1n) is 5.16. The van der Waals surface area contributed by atoms with Crippen molar-refractivity contribution in [3.8, 4) is 0 Å². The average molecular weight is 255 g/mol. The third kappa shape index (κ3) is 2.75. The number of aromatic nitrogens is 1. The van der Waals surface area contributed by atoms with E-state index in [1.807, 2.05) is 0 Å². The van der Waals surface area contributed by atoms with Crippen LogP contribution in [0, 0.1) is 0 Å². The minimum absolute atomic E-state index is 0.0536. The van der Waals surface area contributed by atoms with Gasteiger partial charge in [0.25, 0.3) is 11.3 Å². The Hall–Kier alpha value is -1.59. The van der Waals surface area contributed by atoms with Crippen molar-refractivity contribution >= 4 is 28.6 Å². The van der Waals surface area contributed by atoms with E-state index in [-0.39, 0.29) is 17.9 Å². The Morgan fingerprint density at radius 1 is 1.53 bits per heavy atom. The van der Waals surface area contributed by atoms with Crippen LogP contribution in [-0.4, -0.2) is 29.1 Å². The van der Waals surface area contributed by atoms with Crippen molar-refractivity contribution in [2.45, 2.75) is 6.42 Å². The van der Waals surface area contributed by atoms with E-state index in [2.05, 4.69) is 10.3 Å². The van der Waals surface area contributed by atoms with E-state index < -0.39 is 0 Å².